The van der Waals surface area contributed by atoms with E-state index in [2.05, 4.69) is 11.4 Å². The molecule has 2 rings (SSSR count). The molecule has 1 fully saturated rings. The van der Waals surface area contributed by atoms with Crippen molar-refractivity contribution in [2.24, 2.45) is 5.92 Å². The van der Waals surface area contributed by atoms with Crippen LogP contribution in [0, 0.1) is 17.2 Å². The Kier molecular flexibility index (Phi) is 3.88. The van der Waals surface area contributed by atoms with Crippen LogP contribution in [-0.2, 0) is 0 Å². The first-order valence-electron chi connectivity index (χ1n) is 5.74. The van der Waals surface area contributed by atoms with E-state index in [-0.39, 0.29) is 6.10 Å². The Balaban J connectivity index is 1.91. The summed E-state index contributed by atoms with van der Waals surface area (Å²) in [6.45, 7) is 1.04. The van der Waals surface area contributed by atoms with Crippen molar-refractivity contribution in [2.75, 3.05) is 13.6 Å². The zero-order valence-electron chi connectivity index (χ0n) is 9.74. The minimum Gasteiger partial charge on any atom is -0.489 e. The normalized spacial score (nSPS) is 22.6. The maximum atomic E-state index is 8.73. The Morgan fingerprint density at radius 3 is 2.88 bits per heavy atom. The number of hydrogen-bond acceptors (Lipinski definition) is 3. The van der Waals surface area contributed by atoms with E-state index in [9.17, 15) is 0 Å². The van der Waals surface area contributed by atoms with Crippen molar-refractivity contribution < 1.29 is 4.74 Å². The molecular formula is C13H15ClN2O. The number of ether oxygens (including phenoxy) is 1. The molecule has 17 heavy (non-hydrogen) atoms. The molecular weight excluding hydrogens is 236 g/mol. The molecule has 0 spiro atoms. The summed E-state index contributed by atoms with van der Waals surface area (Å²) in [7, 11) is 1.96. The lowest BCUT2D eigenvalue weighted by molar-refractivity contribution is 0.0658. The molecule has 1 N–H and O–H groups in total. The highest BCUT2D eigenvalue weighted by Gasteiger charge is 2.30. The third-order valence-electron chi connectivity index (χ3n) is 3.04. The van der Waals surface area contributed by atoms with Crippen LogP contribution in [0.2, 0.25) is 5.02 Å². The molecule has 0 amide bonds. The number of nitrogens with zero attached hydrogens (tertiary/aromatic N) is 1. The average molecular weight is 251 g/mol. The predicted molar refractivity (Wildman–Crippen MR) is 67.2 cm³/mol. The highest BCUT2D eigenvalue weighted by molar-refractivity contribution is 6.32. The lowest BCUT2D eigenvalue weighted by atomic mass is 9.82. The van der Waals surface area contributed by atoms with Gasteiger partial charge in [-0.05, 0) is 50.6 Å². The zero-order chi connectivity index (χ0) is 12.3. The zero-order valence-corrected chi connectivity index (χ0v) is 10.5. The average Bonchev–Trinajstić information content (AvgIpc) is 2.28. The first kappa shape index (κ1) is 12.2. The van der Waals surface area contributed by atoms with Crippen molar-refractivity contribution in [3.63, 3.8) is 0 Å². The van der Waals surface area contributed by atoms with Crippen molar-refractivity contribution in [3.05, 3.63) is 28.8 Å². The van der Waals surface area contributed by atoms with Gasteiger partial charge in [0.2, 0.25) is 0 Å². The Morgan fingerprint density at radius 2 is 2.29 bits per heavy atom. The maximum absolute atomic E-state index is 8.73. The summed E-state index contributed by atoms with van der Waals surface area (Å²) in [5.41, 5.74) is 0.559. The van der Waals surface area contributed by atoms with E-state index >= 15 is 0 Å². The molecule has 0 saturated heterocycles. The van der Waals surface area contributed by atoms with E-state index in [1.807, 2.05) is 7.05 Å². The van der Waals surface area contributed by atoms with Gasteiger partial charge in [0.05, 0.1) is 22.8 Å². The molecule has 0 bridgehead atoms. The van der Waals surface area contributed by atoms with Gasteiger partial charge in [-0.1, -0.05) is 11.6 Å². The Morgan fingerprint density at radius 1 is 1.53 bits per heavy atom. The quantitative estimate of drug-likeness (QED) is 0.893. The van der Waals surface area contributed by atoms with Gasteiger partial charge in [-0.2, -0.15) is 5.26 Å². The van der Waals surface area contributed by atoms with Gasteiger partial charge in [0, 0.05) is 0 Å². The third-order valence-corrected chi connectivity index (χ3v) is 3.34. The van der Waals surface area contributed by atoms with Crippen molar-refractivity contribution in [1.82, 2.24) is 5.32 Å². The Hall–Kier alpha value is -1.24. The first-order valence-corrected chi connectivity index (χ1v) is 6.11. The molecule has 1 aliphatic carbocycles. The number of hydrogen-bond donors (Lipinski definition) is 1. The first-order chi connectivity index (χ1) is 8.22. The van der Waals surface area contributed by atoms with Gasteiger partial charge >= 0.3 is 0 Å². The second kappa shape index (κ2) is 5.39. The van der Waals surface area contributed by atoms with Crippen LogP contribution in [-0.4, -0.2) is 19.7 Å². The van der Waals surface area contributed by atoms with E-state index in [1.54, 1.807) is 18.2 Å². The van der Waals surface area contributed by atoms with Crippen LogP contribution < -0.4 is 10.1 Å². The Labute approximate surface area is 106 Å². The number of nitrogens with one attached hydrogen (secondary N) is 1. The number of benzene rings is 1. The minimum absolute atomic E-state index is 0.263. The van der Waals surface area contributed by atoms with Gasteiger partial charge in [-0.25, -0.2) is 0 Å². The molecule has 1 saturated carbocycles. The lowest BCUT2D eigenvalue weighted by Gasteiger charge is -2.35. The summed E-state index contributed by atoms with van der Waals surface area (Å²) in [5.74, 6) is 1.39. The van der Waals surface area contributed by atoms with Gasteiger partial charge in [0.25, 0.3) is 0 Å². The van der Waals surface area contributed by atoms with Crippen molar-refractivity contribution in [3.8, 4) is 11.8 Å². The molecule has 1 aromatic carbocycles. The molecule has 0 heterocycles. The van der Waals surface area contributed by atoms with E-state index < -0.39 is 0 Å². The van der Waals surface area contributed by atoms with Crippen LogP contribution in [0.1, 0.15) is 18.4 Å². The van der Waals surface area contributed by atoms with E-state index in [1.165, 1.54) is 0 Å². The molecule has 1 aliphatic rings. The molecule has 1 aromatic rings. The smallest absolute Gasteiger partial charge is 0.138 e. The van der Waals surface area contributed by atoms with Gasteiger partial charge in [-0.15, -0.1) is 0 Å². The highest BCUT2D eigenvalue weighted by Crippen LogP contribution is 2.34. The van der Waals surface area contributed by atoms with E-state index in [0.717, 1.165) is 19.4 Å². The third kappa shape index (κ3) is 2.91. The molecule has 3 nitrogen and oxygen atoms in total. The Bertz CT molecular complexity index is 436. The standard InChI is InChI=1S/C13H15ClN2O/c1-16-8-10-4-11(5-10)17-13-3-2-9(7-15)6-12(13)14/h2-3,6,10-11,16H,4-5,8H2,1H3. The molecule has 0 unspecified atom stereocenters. The summed E-state index contributed by atoms with van der Waals surface area (Å²) in [5, 5.41) is 12.4. The van der Waals surface area contributed by atoms with Crippen LogP contribution in [0.25, 0.3) is 0 Å². The number of halogens is 1. The van der Waals surface area contributed by atoms with Crippen molar-refractivity contribution in [2.45, 2.75) is 18.9 Å². The van der Waals surface area contributed by atoms with Gasteiger partial charge in [0.15, 0.2) is 0 Å². The predicted octanol–water partition coefficient (Wildman–Crippen LogP) is 2.59. The second-order valence-corrected chi connectivity index (χ2v) is 4.80. The summed E-state index contributed by atoms with van der Waals surface area (Å²) in [6, 6.07) is 7.19. The lowest BCUT2D eigenvalue weighted by Crippen LogP contribution is -2.38. The molecule has 0 aliphatic heterocycles. The van der Waals surface area contributed by atoms with E-state index in [4.69, 9.17) is 21.6 Å². The van der Waals surface area contributed by atoms with Crippen LogP contribution in [0.15, 0.2) is 18.2 Å². The van der Waals surface area contributed by atoms with Crippen molar-refractivity contribution >= 4 is 11.6 Å². The molecule has 0 atom stereocenters. The maximum Gasteiger partial charge on any atom is 0.138 e. The van der Waals surface area contributed by atoms with Gasteiger partial charge < -0.3 is 10.1 Å². The van der Waals surface area contributed by atoms with Crippen LogP contribution in [0.3, 0.4) is 0 Å². The second-order valence-electron chi connectivity index (χ2n) is 4.39. The summed E-state index contributed by atoms with van der Waals surface area (Å²) >= 11 is 6.04. The number of nitriles is 1. The van der Waals surface area contributed by atoms with Crippen molar-refractivity contribution in [1.29, 1.82) is 5.26 Å². The molecule has 4 heteroatoms. The topological polar surface area (TPSA) is 45.0 Å². The van der Waals surface area contributed by atoms with Crippen LogP contribution >= 0.6 is 11.6 Å². The summed E-state index contributed by atoms with van der Waals surface area (Å²) in [6.07, 6.45) is 2.40. The summed E-state index contributed by atoms with van der Waals surface area (Å²) < 4.78 is 5.79. The monoisotopic (exact) mass is 250 g/mol. The fourth-order valence-electron chi connectivity index (χ4n) is 2.07. The molecule has 90 valence electrons. The fraction of sp³-hybridized carbons (Fsp3) is 0.462. The van der Waals surface area contributed by atoms with Gasteiger partial charge in [0.1, 0.15) is 5.75 Å². The molecule has 0 radical (unpaired) electrons. The van der Waals surface area contributed by atoms with Crippen LogP contribution in [0.5, 0.6) is 5.75 Å². The summed E-state index contributed by atoms with van der Waals surface area (Å²) in [4.78, 5) is 0. The SMILES string of the molecule is CNCC1CC(Oc2ccc(C#N)cc2Cl)C1. The molecule has 0 aromatic heterocycles. The fourth-order valence-corrected chi connectivity index (χ4v) is 2.30. The number of rotatable bonds is 4. The highest BCUT2D eigenvalue weighted by atomic mass is 35.5. The minimum atomic E-state index is 0.263. The van der Waals surface area contributed by atoms with Gasteiger partial charge in [-0.3, -0.25) is 0 Å². The van der Waals surface area contributed by atoms with E-state index in [0.29, 0.717) is 22.3 Å². The van der Waals surface area contributed by atoms with Crippen LogP contribution in [0.4, 0.5) is 0 Å². The largest absolute Gasteiger partial charge is 0.489 e.